The van der Waals surface area contributed by atoms with Gasteiger partial charge in [-0.2, -0.15) is 0 Å². The molecule has 1 heterocycles. The fourth-order valence-electron chi connectivity index (χ4n) is 3.59. The number of cyclic esters (lactones) is 1. The second kappa shape index (κ2) is 10.6. The van der Waals surface area contributed by atoms with Crippen LogP contribution in [0.3, 0.4) is 0 Å². The zero-order valence-corrected chi connectivity index (χ0v) is 18.0. The lowest BCUT2D eigenvalue weighted by atomic mass is 10.00. The van der Waals surface area contributed by atoms with Crippen molar-refractivity contribution in [2.24, 2.45) is 0 Å². The molecule has 1 aliphatic heterocycles. The molecule has 0 bridgehead atoms. The lowest BCUT2D eigenvalue weighted by molar-refractivity contribution is -0.126. The van der Waals surface area contributed by atoms with Gasteiger partial charge in [0.25, 0.3) is 0 Å². The summed E-state index contributed by atoms with van der Waals surface area (Å²) in [6, 6.07) is 15.8. The molecule has 2 unspecified atom stereocenters. The smallest absolute Gasteiger partial charge is 0.411 e. The van der Waals surface area contributed by atoms with Crippen LogP contribution >= 0.6 is 0 Å². The van der Waals surface area contributed by atoms with Gasteiger partial charge in [-0.25, -0.2) is 4.79 Å². The van der Waals surface area contributed by atoms with Crippen molar-refractivity contribution in [3.05, 3.63) is 65.7 Å². The number of anilines is 1. The summed E-state index contributed by atoms with van der Waals surface area (Å²) in [6.07, 6.45) is 0.660. The van der Waals surface area contributed by atoms with E-state index in [4.69, 9.17) is 4.74 Å². The molecule has 3 rings (SSSR count). The molecule has 0 radical (unpaired) electrons. The number of carbonyl (C=O) groups excluding carboxylic acids is 3. The molecular weight excluding hydrogens is 394 g/mol. The highest BCUT2D eigenvalue weighted by atomic mass is 16.6. The van der Waals surface area contributed by atoms with Gasteiger partial charge in [-0.15, -0.1) is 0 Å². The highest BCUT2D eigenvalue weighted by molar-refractivity contribution is 5.91. The quantitative estimate of drug-likeness (QED) is 0.638. The molecule has 2 N–H and O–H groups in total. The van der Waals surface area contributed by atoms with Gasteiger partial charge < -0.3 is 15.4 Å². The Labute approximate surface area is 182 Å². The van der Waals surface area contributed by atoms with Crippen LogP contribution in [0.5, 0.6) is 0 Å². The molecule has 0 spiro atoms. The fourth-order valence-corrected chi connectivity index (χ4v) is 3.59. The first kappa shape index (κ1) is 22.3. The van der Waals surface area contributed by atoms with Gasteiger partial charge in [-0.05, 0) is 36.1 Å². The maximum absolute atomic E-state index is 13.0. The average molecular weight is 424 g/mol. The van der Waals surface area contributed by atoms with Crippen LogP contribution in [0.2, 0.25) is 0 Å². The summed E-state index contributed by atoms with van der Waals surface area (Å²) in [5, 5.41) is 5.75. The molecule has 0 aliphatic carbocycles. The molecule has 0 saturated carbocycles. The maximum Gasteiger partial charge on any atom is 0.411 e. The second-order valence-corrected chi connectivity index (χ2v) is 7.58. The Bertz CT molecular complexity index is 916. The van der Waals surface area contributed by atoms with Crippen LogP contribution in [0.4, 0.5) is 10.5 Å². The summed E-state index contributed by atoms with van der Waals surface area (Å²) < 4.78 is 5.67. The summed E-state index contributed by atoms with van der Waals surface area (Å²) in [6.45, 7) is 4.70. The zero-order valence-electron chi connectivity index (χ0n) is 18.0. The van der Waals surface area contributed by atoms with Gasteiger partial charge in [0.05, 0.1) is 6.54 Å². The predicted octanol–water partition coefficient (Wildman–Crippen LogP) is 4.01. The Morgan fingerprint density at radius 1 is 1.03 bits per heavy atom. The molecule has 2 atom stereocenters. The zero-order chi connectivity index (χ0) is 22.2. The minimum absolute atomic E-state index is 0.0778. The lowest BCUT2D eigenvalue weighted by Gasteiger charge is -2.24. The van der Waals surface area contributed by atoms with E-state index < -0.39 is 18.2 Å². The predicted molar refractivity (Wildman–Crippen MR) is 118 cm³/mol. The van der Waals surface area contributed by atoms with E-state index in [0.717, 1.165) is 18.4 Å². The summed E-state index contributed by atoms with van der Waals surface area (Å²) in [5.41, 5.74) is 2.19. The normalized spacial score (nSPS) is 17.9. The first-order valence-corrected chi connectivity index (χ1v) is 10.7. The average Bonchev–Trinajstić information content (AvgIpc) is 3.09. The Kier molecular flexibility index (Phi) is 7.65. The molecule has 0 aromatic heterocycles. The van der Waals surface area contributed by atoms with Crippen molar-refractivity contribution in [3.63, 3.8) is 0 Å². The van der Waals surface area contributed by atoms with E-state index in [1.807, 2.05) is 44.2 Å². The number of hydrogen-bond donors (Lipinski definition) is 2. The molecule has 164 valence electrons. The Balaban J connectivity index is 1.88. The van der Waals surface area contributed by atoms with Gasteiger partial charge in [-0.1, -0.05) is 56.3 Å². The van der Waals surface area contributed by atoms with Gasteiger partial charge >= 0.3 is 6.09 Å². The van der Waals surface area contributed by atoms with E-state index in [2.05, 4.69) is 10.6 Å². The molecule has 2 aromatic rings. The highest BCUT2D eigenvalue weighted by Crippen LogP contribution is 2.35. The monoisotopic (exact) mass is 423 g/mol. The van der Waals surface area contributed by atoms with Crippen molar-refractivity contribution in [2.75, 3.05) is 11.9 Å². The molecule has 31 heavy (non-hydrogen) atoms. The van der Waals surface area contributed by atoms with Crippen molar-refractivity contribution in [1.29, 1.82) is 0 Å². The largest absolute Gasteiger partial charge is 0.438 e. The summed E-state index contributed by atoms with van der Waals surface area (Å²) in [4.78, 5) is 39.2. The second-order valence-electron chi connectivity index (χ2n) is 7.58. The van der Waals surface area contributed by atoms with Crippen LogP contribution in [0.15, 0.2) is 54.6 Å². The van der Waals surface area contributed by atoms with Crippen molar-refractivity contribution >= 4 is 23.6 Å². The number of nitrogens with one attached hydrogen (secondary N) is 2. The molecule has 1 aliphatic rings. The van der Waals surface area contributed by atoms with Crippen LogP contribution in [0.25, 0.3) is 0 Å². The van der Waals surface area contributed by atoms with E-state index in [-0.39, 0.29) is 18.4 Å². The van der Waals surface area contributed by atoms with E-state index in [0.29, 0.717) is 24.2 Å². The molecule has 1 fully saturated rings. The van der Waals surface area contributed by atoms with E-state index in [1.165, 1.54) is 4.90 Å². The van der Waals surface area contributed by atoms with Crippen LogP contribution in [-0.4, -0.2) is 35.4 Å². The molecule has 2 aromatic carbocycles. The minimum atomic E-state index is -0.805. The van der Waals surface area contributed by atoms with Crippen molar-refractivity contribution in [3.8, 4) is 0 Å². The number of rotatable bonds is 9. The first-order valence-electron chi connectivity index (χ1n) is 10.7. The van der Waals surface area contributed by atoms with Crippen molar-refractivity contribution < 1.29 is 19.1 Å². The van der Waals surface area contributed by atoms with Gasteiger partial charge in [0.2, 0.25) is 11.8 Å². The number of hydrogen-bond acceptors (Lipinski definition) is 4. The Hall–Kier alpha value is -3.35. The first-order chi connectivity index (χ1) is 15.0. The Morgan fingerprint density at radius 3 is 2.52 bits per heavy atom. The summed E-state index contributed by atoms with van der Waals surface area (Å²) >= 11 is 0. The fraction of sp³-hybridized carbons (Fsp3) is 0.375. The molecule has 1 saturated heterocycles. The van der Waals surface area contributed by atoms with Gasteiger partial charge in [-0.3, -0.25) is 14.5 Å². The number of nitrogens with zero attached hydrogens (tertiary/aromatic N) is 1. The standard InChI is InChI=1S/C24H29N3O4/c1-3-9-20(28)26-19-13-8-12-18(15-19)22-21(23(29)25-14-4-2)27(24(30)31-22)16-17-10-6-5-7-11-17/h5-8,10-13,15,21-22H,3-4,9,14,16H2,1-2H3,(H,25,29)(H,26,28). The molecule has 7 heteroatoms. The van der Waals surface area contributed by atoms with Gasteiger partial charge in [0.15, 0.2) is 12.1 Å². The van der Waals surface area contributed by atoms with E-state index in [1.54, 1.807) is 24.3 Å². The van der Waals surface area contributed by atoms with Crippen molar-refractivity contribution in [1.82, 2.24) is 10.2 Å². The summed E-state index contributed by atoms with van der Waals surface area (Å²) in [5.74, 6) is -0.333. The van der Waals surface area contributed by atoms with Crippen LogP contribution in [0.1, 0.15) is 50.3 Å². The number of carbonyl (C=O) groups is 3. The van der Waals surface area contributed by atoms with E-state index >= 15 is 0 Å². The van der Waals surface area contributed by atoms with Crippen molar-refractivity contribution in [2.45, 2.75) is 51.8 Å². The minimum Gasteiger partial charge on any atom is -0.438 e. The Morgan fingerprint density at radius 2 is 1.81 bits per heavy atom. The SMILES string of the molecule is CCCNC(=O)C1C(c2cccc(NC(=O)CCC)c2)OC(=O)N1Cc1ccccc1. The molecule has 7 nitrogen and oxygen atoms in total. The van der Waals surface area contributed by atoms with E-state index in [9.17, 15) is 14.4 Å². The topological polar surface area (TPSA) is 87.7 Å². The van der Waals surface area contributed by atoms with Crippen LogP contribution < -0.4 is 10.6 Å². The lowest BCUT2D eigenvalue weighted by Crippen LogP contribution is -2.46. The third-order valence-corrected chi connectivity index (χ3v) is 5.07. The number of benzene rings is 2. The maximum atomic E-state index is 13.0. The summed E-state index contributed by atoms with van der Waals surface area (Å²) in [7, 11) is 0. The van der Waals surface area contributed by atoms with Gasteiger partial charge in [0.1, 0.15) is 0 Å². The number of ether oxygens (including phenoxy) is 1. The van der Waals surface area contributed by atoms with Gasteiger partial charge in [0, 0.05) is 18.7 Å². The van der Waals surface area contributed by atoms with Crippen LogP contribution in [-0.2, 0) is 20.9 Å². The number of amides is 3. The molecular formula is C24H29N3O4. The van der Waals surface area contributed by atoms with Crippen LogP contribution in [0, 0.1) is 0 Å². The highest BCUT2D eigenvalue weighted by Gasteiger charge is 2.46. The third kappa shape index (κ3) is 5.63. The molecule has 3 amide bonds. The third-order valence-electron chi connectivity index (χ3n) is 5.07.